The number of rotatable bonds is 5. The summed E-state index contributed by atoms with van der Waals surface area (Å²) in [6, 6.07) is 13.9. The van der Waals surface area contributed by atoms with Crippen LogP contribution in [-0.4, -0.2) is 61.8 Å². The smallest absolute Gasteiger partial charge is 0.338 e. The second-order valence-corrected chi connectivity index (χ2v) is 10.2. The maximum absolute atomic E-state index is 12.8. The number of carbonyl (C=O) groups excluding carboxylic acids is 2. The molecule has 1 aliphatic carbocycles. The van der Waals surface area contributed by atoms with E-state index in [1.54, 1.807) is 48.2 Å². The molecule has 1 fully saturated rings. The number of hydrogen-bond donors (Lipinski definition) is 0. The molecule has 2 aromatic carbocycles. The minimum absolute atomic E-state index is 0.203. The first-order valence-electron chi connectivity index (χ1n) is 11.0. The number of amides is 1. The normalized spacial score (nSPS) is 18.0. The van der Waals surface area contributed by atoms with E-state index in [4.69, 9.17) is 4.74 Å². The van der Waals surface area contributed by atoms with Crippen LogP contribution in [0.1, 0.15) is 41.3 Å². The van der Waals surface area contributed by atoms with E-state index >= 15 is 0 Å². The molecule has 1 aliphatic heterocycles. The Labute approximate surface area is 189 Å². The first-order valence-corrected chi connectivity index (χ1v) is 12.5. The number of hydrogen-bond acceptors (Lipinski definition) is 5. The van der Waals surface area contributed by atoms with Crippen molar-refractivity contribution in [3.63, 3.8) is 0 Å². The maximum Gasteiger partial charge on any atom is 0.338 e. The zero-order valence-electron chi connectivity index (χ0n) is 18.2. The van der Waals surface area contributed by atoms with Gasteiger partial charge in [0.2, 0.25) is 10.0 Å². The third-order valence-electron chi connectivity index (χ3n) is 6.15. The monoisotopic (exact) mass is 456 g/mol. The Hall–Kier alpha value is -2.71. The van der Waals surface area contributed by atoms with Crippen molar-refractivity contribution in [1.29, 1.82) is 0 Å². The average Bonchev–Trinajstić information content (AvgIpc) is 2.83. The van der Waals surface area contributed by atoms with E-state index in [1.165, 1.54) is 21.9 Å². The molecule has 32 heavy (non-hydrogen) atoms. The van der Waals surface area contributed by atoms with Gasteiger partial charge < -0.3 is 9.64 Å². The third kappa shape index (κ3) is 4.71. The summed E-state index contributed by atoms with van der Waals surface area (Å²) < 4.78 is 32.3. The molecular weight excluding hydrogens is 428 g/mol. The lowest BCUT2D eigenvalue weighted by atomic mass is 9.90. The molecule has 1 saturated heterocycles. The van der Waals surface area contributed by atoms with Crippen LogP contribution in [0.4, 0.5) is 0 Å². The highest BCUT2D eigenvalue weighted by Crippen LogP contribution is 2.23. The van der Waals surface area contributed by atoms with Crippen LogP contribution in [0.3, 0.4) is 0 Å². The van der Waals surface area contributed by atoms with Gasteiger partial charge in [-0.05, 0) is 68.0 Å². The first-order chi connectivity index (χ1) is 15.4. The summed E-state index contributed by atoms with van der Waals surface area (Å²) >= 11 is 0. The van der Waals surface area contributed by atoms with E-state index in [1.807, 2.05) is 12.1 Å². The van der Waals surface area contributed by atoms with Crippen molar-refractivity contribution in [2.24, 2.45) is 0 Å². The Kier molecular flexibility index (Phi) is 6.62. The van der Waals surface area contributed by atoms with Gasteiger partial charge >= 0.3 is 5.97 Å². The highest BCUT2D eigenvalue weighted by atomic mass is 32.2. The molecule has 8 heteroatoms. The molecular formula is C24H28N2O5S. The van der Waals surface area contributed by atoms with E-state index < -0.39 is 22.1 Å². The van der Waals surface area contributed by atoms with Gasteiger partial charge in [-0.2, -0.15) is 4.31 Å². The Balaban J connectivity index is 1.33. The molecule has 2 aromatic rings. The second kappa shape index (κ2) is 9.42. The third-order valence-corrected chi connectivity index (χ3v) is 8.06. The predicted octanol–water partition coefficient (Wildman–Crippen LogP) is 2.64. The number of sulfonamides is 1. The van der Waals surface area contributed by atoms with E-state index in [0.29, 0.717) is 5.56 Å². The van der Waals surface area contributed by atoms with Crippen molar-refractivity contribution in [2.75, 3.05) is 26.2 Å². The fourth-order valence-corrected chi connectivity index (χ4v) is 5.73. The SMILES string of the molecule is CC(OC(=O)c1ccc2c(c1)CCCC2)C(=O)N1CCN(S(=O)(=O)c2ccccc2)CC1. The summed E-state index contributed by atoms with van der Waals surface area (Å²) in [5.74, 6) is -0.822. The van der Waals surface area contributed by atoms with Crippen molar-refractivity contribution < 1.29 is 22.7 Å². The number of piperazine rings is 1. The number of ether oxygens (including phenoxy) is 1. The molecule has 0 spiro atoms. The lowest BCUT2D eigenvalue weighted by Crippen LogP contribution is -2.52. The molecule has 1 atom stereocenters. The molecule has 170 valence electrons. The molecule has 0 aromatic heterocycles. The lowest BCUT2D eigenvalue weighted by molar-refractivity contribution is -0.141. The molecule has 1 amide bonds. The summed E-state index contributed by atoms with van der Waals surface area (Å²) in [7, 11) is -3.58. The summed E-state index contributed by atoms with van der Waals surface area (Å²) in [6.45, 7) is 2.48. The zero-order chi connectivity index (χ0) is 22.7. The van der Waals surface area contributed by atoms with Crippen LogP contribution in [0, 0.1) is 0 Å². The average molecular weight is 457 g/mol. The van der Waals surface area contributed by atoms with Crippen LogP contribution in [0.15, 0.2) is 53.4 Å². The predicted molar refractivity (Wildman–Crippen MR) is 120 cm³/mol. The molecule has 0 saturated carbocycles. The van der Waals surface area contributed by atoms with Gasteiger partial charge in [-0.1, -0.05) is 24.3 Å². The van der Waals surface area contributed by atoms with E-state index in [2.05, 4.69) is 0 Å². The van der Waals surface area contributed by atoms with Crippen LogP contribution in [0.25, 0.3) is 0 Å². The van der Waals surface area contributed by atoms with Crippen LogP contribution in [0.5, 0.6) is 0 Å². The quantitative estimate of drug-likeness (QED) is 0.646. The summed E-state index contributed by atoms with van der Waals surface area (Å²) in [5, 5.41) is 0. The van der Waals surface area contributed by atoms with E-state index in [9.17, 15) is 18.0 Å². The van der Waals surface area contributed by atoms with Crippen molar-refractivity contribution in [3.8, 4) is 0 Å². The van der Waals surface area contributed by atoms with Crippen LogP contribution in [-0.2, 0) is 32.4 Å². The van der Waals surface area contributed by atoms with Crippen molar-refractivity contribution >= 4 is 21.9 Å². The molecule has 4 rings (SSSR count). The lowest BCUT2D eigenvalue weighted by Gasteiger charge is -2.35. The number of benzene rings is 2. The van der Waals surface area contributed by atoms with Gasteiger partial charge in [0.15, 0.2) is 6.10 Å². The maximum atomic E-state index is 12.8. The molecule has 1 heterocycles. The van der Waals surface area contributed by atoms with Crippen molar-refractivity contribution in [3.05, 3.63) is 65.2 Å². The van der Waals surface area contributed by atoms with Gasteiger partial charge in [0.25, 0.3) is 5.91 Å². The van der Waals surface area contributed by atoms with Gasteiger partial charge in [0.05, 0.1) is 10.5 Å². The van der Waals surface area contributed by atoms with Crippen LogP contribution >= 0.6 is 0 Å². The van der Waals surface area contributed by atoms with Gasteiger partial charge in [0, 0.05) is 26.2 Å². The molecule has 0 bridgehead atoms. The van der Waals surface area contributed by atoms with Gasteiger partial charge in [-0.15, -0.1) is 0 Å². The van der Waals surface area contributed by atoms with E-state index in [0.717, 1.165) is 19.3 Å². The Bertz CT molecular complexity index is 1090. The van der Waals surface area contributed by atoms with Gasteiger partial charge in [-0.3, -0.25) is 4.79 Å². The number of aryl methyl sites for hydroxylation is 2. The van der Waals surface area contributed by atoms with Crippen LogP contribution in [0.2, 0.25) is 0 Å². The standard InChI is InChI=1S/C24H28N2O5S/c1-18(31-24(28)21-12-11-19-7-5-6-8-20(19)17-21)23(27)25-13-15-26(16-14-25)32(29,30)22-9-3-2-4-10-22/h2-4,9-12,17-18H,5-8,13-16H2,1H3. The topological polar surface area (TPSA) is 84.0 Å². The number of nitrogens with zero attached hydrogens (tertiary/aromatic N) is 2. The highest BCUT2D eigenvalue weighted by molar-refractivity contribution is 7.89. The van der Waals surface area contributed by atoms with Crippen molar-refractivity contribution in [1.82, 2.24) is 9.21 Å². The second-order valence-electron chi connectivity index (χ2n) is 8.28. The Morgan fingerprint density at radius 3 is 2.25 bits per heavy atom. The minimum atomic E-state index is -3.58. The highest BCUT2D eigenvalue weighted by Gasteiger charge is 2.32. The first kappa shape index (κ1) is 22.5. The van der Waals surface area contributed by atoms with E-state index in [-0.39, 0.29) is 37.0 Å². The number of fused-ring (bicyclic) bond motifs is 1. The molecule has 0 N–H and O–H groups in total. The number of carbonyl (C=O) groups is 2. The Morgan fingerprint density at radius 2 is 1.56 bits per heavy atom. The fraction of sp³-hybridized carbons (Fsp3) is 0.417. The minimum Gasteiger partial charge on any atom is -0.449 e. The van der Waals surface area contributed by atoms with Gasteiger partial charge in [0.1, 0.15) is 0 Å². The van der Waals surface area contributed by atoms with Crippen LogP contribution < -0.4 is 0 Å². The molecule has 1 unspecified atom stereocenters. The largest absolute Gasteiger partial charge is 0.449 e. The number of esters is 1. The summed E-state index contributed by atoms with van der Waals surface area (Å²) in [6.07, 6.45) is 3.34. The zero-order valence-corrected chi connectivity index (χ0v) is 19.0. The molecule has 0 radical (unpaired) electrons. The Morgan fingerprint density at radius 1 is 0.906 bits per heavy atom. The van der Waals surface area contributed by atoms with Crippen molar-refractivity contribution in [2.45, 2.75) is 43.6 Å². The molecule has 2 aliphatic rings. The summed E-state index contributed by atoms with van der Waals surface area (Å²) in [4.78, 5) is 27.2. The molecule has 7 nitrogen and oxygen atoms in total. The fourth-order valence-electron chi connectivity index (χ4n) is 4.29. The van der Waals surface area contributed by atoms with Gasteiger partial charge in [-0.25, -0.2) is 13.2 Å². The summed E-state index contributed by atoms with van der Waals surface area (Å²) in [5.41, 5.74) is 2.92.